The number of hydrogen-bond acceptors (Lipinski definition) is 3. The fraction of sp³-hybridized carbons (Fsp3) is 0.250. The second-order valence-electron chi connectivity index (χ2n) is 4.92. The van der Waals surface area contributed by atoms with Gasteiger partial charge in [-0.15, -0.1) is 0 Å². The summed E-state index contributed by atoms with van der Waals surface area (Å²) in [5, 5.41) is 15.6. The molecule has 0 aliphatic heterocycles. The number of aliphatic hydroxyl groups excluding tert-OH is 1. The van der Waals surface area contributed by atoms with Crippen molar-refractivity contribution in [2.75, 3.05) is 5.32 Å². The van der Waals surface area contributed by atoms with Gasteiger partial charge in [-0.2, -0.15) is 0 Å². The maximum Gasteiger partial charge on any atom is 0.319 e. The van der Waals surface area contributed by atoms with Crippen LogP contribution in [-0.2, 0) is 0 Å². The van der Waals surface area contributed by atoms with Gasteiger partial charge < -0.3 is 15.7 Å². The van der Waals surface area contributed by atoms with Gasteiger partial charge in [-0.25, -0.2) is 14.2 Å². The van der Waals surface area contributed by atoms with Gasteiger partial charge in [0.25, 0.3) is 0 Å². The van der Waals surface area contributed by atoms with E-state index in [-0.39, 0.29) is 10.7 Å². The van der Waals surface area contributed by atoms with Crippen molar-refractivity contribution >= 4 is 23.3 Å². The lowest BCUT2D eigenvalue weighted by molar-refractivity contribution is 0.126. The van der Waals surface area contributed by atoms with Crippen LogP contribution in [0.3, 0.4) is 0 Å². The zero-order chi connectivity index (χ0) is 16.8. The third kappa shape index (κ3) is 4.40. The summed E-state index contributed by atoms with van der Waals surface area (Å²) >= 11 is 5.87. The van der Waals surface area contributed by atoms with Crippen LogP contribution in [0.5, 0.6) is 0 Å². The SMILES string of the molecule is CC[C@H](NC(=O)Nc1cccnc1Cl)[C@H](O)c1ccccc1F. The molecule has 2 rings (SSSR count). The van der Waals surface area contributed by atoms with Crippen molar-refractivity contribution in [1.82, 2.24) is 10.3 Å². The minimum absolute atomic E-state index is 0.138. The number of hydrogen-bond donors (Lipinski definition) is 3. The zero-order valence-corrected chi connectivity index (χ0v) is 13.2. The summed E-state index contributed by atoms with van der Waals surface area (Å²) in [6.45, 7) is 1.78. The smallest absolute Gasteiger partial charge is 0.319 e. The Balaban J connectivity index is 2.06. The summed E-state index contributed by atoms with van der Waals surface area (Å²) < 4.78 is 13.8. The number of halogens is 2. The largest absolute Gasteiger partial charge is 0.386 e. The number of carbonyl (C=O) groups excluding carboxylic acids is 1. The van der Waals surface area contributed by atoms with Crippen molar-refractivity contribution in [2.45, 2.75) is 25.5 Å². The topological polar surface area (TPSA) is 74.2 Å². The molecule has 5 nitrogen and oxygen atoms in total. The highest BCUT2D eigenvalue weighted by molar-refractivity contribution is 6.32. The highest BCUT2D eigenvalue weighted by atomic mass is 35.5. The summed E-state index contributed by atoms with van der Waals surface area (Å²) in [5.41, 5.74) is 0.487. The normalized spacial score (nSPS) is 13.2. The van der Waals surface area contributed by atoms with E-state index >= 15 is 0 Å². The van der Waals surface area contributed by atoms with Crippen LogP contribution < -0.4 is 10.6 Å². The Hall–Kier alpha value is -2.18. The fourth-order valence-corrected chi connectivity index (χ4v) is 2.31. The highest BCUT2D eigenvalue weighted by Gasteiger charge is 2.23. The van der Waals surface area contributed by atoms with E-state index in [4.69, 9.17) is 11.6 Å². The van der Waals surface area contributed by atoms with Gasteiger partial charge in [0.1, 0.15) is 11.9 Å². The summed E-state index contributed by atoms with van der Waals surface area (Å²) in [6, 6.07) is 7.95. The molecule has 0 aliphatic rings. The molecular formula is C16H17ClFN3O2. The Labute approximate surface area is 138 Å². The van der Waals surface area contributed by atoms with Gasteiger partial charge in [0.05, 0.1) is 11.7 Å². The lowest BCUT2D eigenvalue weighted by atomic mass is 10.00. The molecule has 0 radical (unpaired) electrons. The molecule has 1 aromatic heterocycles. The van der Waals surface area contributed by atoms with Gasteiger partial charge in [-0.05, 0) is 24.6 Å². The molecule has 0 fully saturated rings. The van der Waals surface area contributed by atoms with Crippen LogP contribution in [0.4, 0.5) is 14.9 Å². The second kappa shape index (κ2) is 7.89. The van der Waals surface area contributed by atoms with Crippen LogP contribution in [0, 0.1) is 5.82 Å². The van der Waals surface area contributed by atoms with Crippen molar-refractivity contribution < 1.29 is 14.3 Å². The number of carbonyl (C=O) groups is 1. The first kappa shape index (κ1) is 17.2. The van der Waals surface area contributed by atoms with Crippen molar-refractivity contribution in [3.63, 3.8) is 0 Å². The molecule has 2 aromatic rings. The van der Waals surface area contributed by atoms with Crippen LogP contribution in [-0.4, -0.2) is 22.2 Å². The van der Waals surface area contributed by atoms with Gasteiger partial charge in [0, 0.05) is 11.8 Å². The van der Waals surface area contributed by atoms with Gasteiger partial charge in [0.15, 0.2) is 5.15 Å². The fourth-order valence-electron chi connectivity index (χ4n) is 2.14. The molecule has 0 saturated heterocycles. The zero-order valence-electron chi connectivity index (χ0n) is 12.5. The number of anilines is 1. The Morgan fingerprint density at radius 3 is 2.74 bits per heavy atom. The molecule has 122 valence electrons. The Kier molecular flexibility index (Phi) is 5.90. The molecule has 0 spiro atoms. The predicted molar refractivity (Wildman–Crippen MR) is 86.8 cm³/mol. The number of nitrogens with zero attached hydrogens (tertiary/aromatic N) is 1. The molecule has 1 aromatic carbocycles. The van der Waals surface area contributed by atoms with E-state index in [1.54, 1.807) is 25.1 Å². The standard InChI is InChI=1S/C16H17ClFN3O2/c1-2-12(14(22)10-6-3-4-7-11(10)18)20-16(23)21-13-8-5-9-19-15(13)17/h3-9,12,14,22H,2H2,1H3,(H2,20,21,23)/t12-,14+/m0/s1. The van der Waals surface area contributed by atoms with Crippen LogP contribution in [0.2, 0.25) is 5.15 Å². The molecule has 3 N–H and O–H groups in total. The Bertz CT molecular complexity index is 684. The molecular weight excluding hydrogens is 321 g/mol. The van der Waals surface area contributed by atoms with Crippen molar-refractivity contribution in [3.8, 4) is 0 Å². The average molecular weight is 338 g/mol. The van der Waals surface area contributed by atoms with Crippen LogP contribution >= 0.6 is 11.6 Å². The maximum atomic E-state index is 13.8. The lowest BCUT2D eigenvalue weighted by Gasteiger charge is -2.23. The molecule has 2 amide bonds. The maximum absolute atomic E-state index is 13.8. The van der Waals surface area contributed by atoms with E-state index in [0.29, 0.717) is 12.1 Å². The first-order chi connectivity index (χ1) is 11.0. The predicted octanol–water partition coefficient (Wildman–Crippen LogP) is 3.51. The van der Waals surface area contributed by atoms with Gasteiger partial charge in [-0.1, -0.05) is 36.7 Å². The minimum Gasteiger partial charge on any atom is -0.386 e. The Morgan fingerprint density at radius 1 is 1.35 bits per heavy atom. The van der Waals surface area contributed by atoms with Gasteiger partial charge in [0.2, 0.25) is 0 Å². The molecule has 23 heavy (non-hydrogen) atoms. The lowest BCUT2D eigenvalue weighted by Crippen LogP contribution is -2.41. The number of benzene rings is 1. The van der Waals surface area contributed by atoms with E-state index < -0.39 is 24.0 Å². The second-order valence-corrected chi connectivity index (χ2v) is 5.28. The number of aliphatic hydroxyl groups is 1. The number of pyridine rings is 1. The average Bonchev–Trinajstić information content (AvgIpc) is 2.54. The van der Waals surface area contributed by atoms with E-state index in [1.165, 1.54) is 24.4 Å². The summed E-state index contributed by atoms with van der Waals surface area (Å²) in [7, 11) is 0. The molecule has 0 saturated carbocycles. The molecule has 0 aliphatic carbocycles. The van der Waals surface area contributed by atoms with Gasteiger partial charge in [-0.3, -0.25) is 0 Å². The van der Waals surface area contributed by atoms with Crippen molar-refractivity contribution in [1.29, 1.82) is 0 Å². The van der Waals surface area contributed by atoms with E-state index in [1.807, 2.05) is 0 Å². The molecule has 0 unspecified atom stereocenters. The monoisotopic (exact) mass is 337 g/mol. The first-order valence-corrected chi connectivity index (χ1v) is 7.51. The van der Waals surface area contributed by atoms with E-state index in [0.717, 1.165) is 0 Å². The third-order valence-electron chi connectivity index (χ3n) is 3.37. The van der Waals surface area contributed by atoms with E-state index in [2.05, 4.69) is 15.6 Å². The van der Waals surface area contributed by atoms with E-state index in [9.17, 15) is 14.3 Å². The molecule has 7 heteroatoms. The van der Waals surface area contributed by atoms with Crippen molar-refractivity contribution in [3.05, 3.63) is 59.1 Å². The molecule has 2 atom stereocenters. The number of urea groups is 1. The number of rotatable bonds is 5. The third-order valence-corrected chi connectivity index (χ3v) is 3.67. The van der Waals surface area contributed by atoms with Crippen LogP contribution in [0.1, 0.15) is 25.0 Å². The van der Waals surface area contributed by atoms with Crippen LogP contribution in [0.15, 0.2) is 42.6 Å². The highest BCUT2D eigenvalue weighted by Crippen LogP contribution is 2.22. The first-order valence-electron chi connectivity index (χ1n) is 7.13. The van der Waals surface area contributed by atoms with Crippen molar-refractivity contribution in [2.24, 2.45) is 0 Å². The number of amides is 2. The summed E-state index contributed by atoms with van der Waals surface area (Å²) in [4.78, 5) is 15.9. The van der Waals surface area contributed by atoms with Gasteiger partial charge >= 0.3 is 6.03 Å². The summed E-state index contributed by atoms with van der Waals surface area (Å²) in [5.74, 6) is -0.518. The minimum atomic E-state index is -1.16. The number of aromatic nitrogens is 1. The van der Waals surface area contributed by atoms with Crippen LogP contribution in [0.25, 0.3) is 0 Å². The molecule has 0 bridgehead atoms. The summed E-state index contributed by atoms with van der Waals surface area (Å²) in [6.07, 6.45) is 0.766. The Morgan fingerprint density at radius 2 is 2.09 bits per heavy atom. The molecule has 1 heterocycles. The quantitative estimate of drug-likeness (QED) is 0.731. The number of nitrogens with one attached hydrogen (secondary N) is 2.